The molecule has 1 atom stereocenters. The average molecular weight is 483 g/mol. The number of sulfonamides is 1. The summed E-state index contributed by atoms with van der Waals surface area (Å²) in [6, 6.07) is 16.9. The van der Waals surface area contributed by atoms with E-state index in [4.69, 9.17) is 5.73 Å². The first-order valence-corrected chi connectivity index (χ1v) is 13.4. The molecule has 0 saturated carbocycles. The van der Waals surface area contributed by atoms with Crippen LogP contribution < -0.4 is 5.73 Å². The van der Waals surface area contributed by atoms with E-state index in [2.05, 4.69) is 18.8 Å². The average Bonchev–Trinajstić information content (AvgIpc) is 3.02. The molecule has 182 valence electrons. The lowest BCUT2D eigenvalue weighted by Crippen LogP contribution is -2.47. The summed E-state index contributed by atoms with van der Waals surface area (Å²) in [6.45, 7) is 7.32. The second-order valence-corrected chi connectivity index (χ2v) is 11.9. The topological polar surface area (TPSA) is 96.1 Å². The number of carbonyl (C=O) groups excluding carboxylic acids is 1. The summed E-state index contributed by atoms with van der Waals surface area (Å²) in [5, 5.41) is 0. The number of nitrogens with two attached hydrogens (primary N) is 1. The van der Waals surface area contributed by atoms with Crippen LogP contribution in [-0.4, -0.2) is 54.7 Å². The molecule has 4 rings (SSSR count). The maximum Gasteiger partial charge on any atom is 0.257 e. The first kappa shape index (κ1) is 24.4. The monoisotopic (exact) mass is 482 g/mol. The molecule has 1 amide bonds. The molecule has 0 aliphatic carbocycles. The van der Waals surface area contributed by atoms with Crippen LogP contribution in [0.4, 0.5) is 0 Å². The molecule has 0 aromatic heterocycles. The van der Waals surface area contributed by atoms with Gasteiger partial charge in [0, 0.05) is 19.6 Å². The van der Waals surface area contributed by atoms with E-state index in [-0.39, 0.29) is 17.8 Å². The fourth-order valence-corrected chi connectivity index (χ4v) is 6.52. The van der Waals surface area contributed by atoms with Gasteiger partial charge in [0.2, 0.25) is 10.0 Å². The summed E-state index contributed by atoms with van der Waals surface area (Å²) < 4.78 is 27.9. The van der Waals surface area contributed by atoms with Gasteiger partial charge in [0.25, 0.3) is 5.91 Å². The van der Waals surface area contributed by atoms with Crippen molar-refractivity contribution in [3.8, 4) is 11.1 Å². The number of hydrogen-bond donors (Lipinski definition) is 1. The Balaban J connectivity index is 1.37. The van der Waals surface area contributed by atoms with E-state index in [9.17, 15) is 13.2 Å². The zero-order valence-electron chi connectivity index (χ0n) is 20.1. The van der Waals surface area contributed by atoms with Crippen LogP contribution in [-0.2, 0) is 14.8 Å². The van der Waals surface area contributed by atoms with Crippen molar-refractivity contribution in [1.82, 2.24) is 9.21 Å². The Bertz CT molecular complexity index is 1150. The highest BCUT2D eigenvalue weighted by atomic mass is 32.2. The van der Waals surface area contributed by atoms with Crippen molar-refractivity contribution in [2.75, 3.05) is 19.6 Å². The SMILES string of the molecule is CC(C)CC1(C)N=C(N)N(CC2CCN(S(=O)(=O)c3ccc(-c4ccccc4)cc3)CC2)C1=O. The summed E-state index contributed by atoms with van der Waals surface area (Å²) in [5.74, 6) is 0.751. The number of carbonyl (C=O) groups is 1. The van der Waals surface area contributed by atoms with Crippen molar-refractivity contribution in [3.05, 3.63) is 54.6 Å². The molecule has 2 aliphatic rings. The van der Waals surface area contributed by atoms with Gasteiger partial charge in [0.05, 0.1) is 4.90 Å². The highest BCUT2D eigenvalue weighted by Crippen LogP contribution is 2.31. The van der Waals surface area contributed by atoms with Crippen molar-refractivity contribution >= 4 is 21.9 Å². The molecule has 7 nitrogen and oxygen atoms in total. The Morgan fingerprint density at radius 2 is 1.62 bits per heavy atom. The predicted molar refractivity (Wildman–Crippen MR) is 135 cm³/mol. The summed E-state index contributed by atoms with van der Waals surface area (Å²) in [7, 11) is -3.56. The molecule has 2 aliphatic heterocycles. The zero-order valence-corrected chi connectivity index (χ0v) is 21.0. The van der Waals surface area contributed by atoms with Crippen LogP contribution in [0.3, 0.4) is 0 Å². The molecule has 1 unspecified atom stereocenters. The van der Waals surface area contributed by atoms with Crippen LogP contribution in [0.5, 0.6) is 0 Å². The van der Waals surface area contributed by atoms with Crippen LogP contribution in [0.1, 0.15) is 40.0 Å². The van der Waals surface area contributed by atoms with Gasteiger partial charge >= 0.3 is 0 Å². The zero-order chi connectivity index (χ0) is 24.5. The third-order valence-electron chi connectivity index (χ3n) is 6.76. The Labute approximate surface area is 202 Å². The molecule has 2 N–H and O–H groups in total. The number of aliphatic imine (C=N–C) groups is 1. The molecule has 34 heavy (non-hydrogen) atoms. The quantitative estimate of drug-likeness (QED) is 0.651. The third kappa shape index (κ3) is 4.88. The number of nitrogens with zero attached hydrogens (tertiary/aromatic N) is 3. The molecule has 1 fully saturated rings. The van der Waals surface area contributed by atoms with Gasteiger partial charge in [-0.15, -0.1) is 0 Å². The fourth-order valence-electron chi connectivity index (χ4n) is 5.05. The van der Waals surface area contributed by atoms with E-state index < -0.39 is 15.6 Å². The second kappa shape index (κ2) is 9.50. The van der Waals surface area contributed by atoms with Crippen molar-refractivity contribution in [3.63, 3.8) is 0 Å². The van der Waals surface area contributed by atoms with E-state index in [1.807, 2.05) is 49.4 Å². The van der Waals surface area contributed by atoms with Crippen molar-refractivity contribution in [2.24, 2.45) is 22.6 Å². The first-order chi connectivity index (χ1) is 16.1. The van der Waals surface area contributed by atoms with Gasteiger partial charge < -0.3 is 5.73 Å². The minimum Gasteiger partial charge on any atom is -0.369 e. The minimum atomic E-state index is -3.56. The number of hydrogen-bond acceptors (Lipinski definition) is 5. The van der Waals surface area contributed by atoms with Gasteiger partial charge in [-0.1, -0.05) is 56.3 Å². The molecule has 2 heterocycles. The Morgan fingerprint density at radius 3 is 2.21 bits per heavy atom. The number of benzene rings is 2. The van der Waals surface area contributed by atoms with Crippen molar-refractivity contribution in [2.45, 2.75) is 50.5 Å². The van der Waals surface area contributed by atoms with Crippen LogP contribution in [0, 0.1) is 11.8 Å². The maximum absolute atomic E-state index is 13.2. The lowest BCUT2D eigenvalue weighted by atomic mass is 9.90. The van der Waals surface area contributed by atoms with Crippen LogP contribution in [0.25, 0.3) is 11.1 Å². The van der Waals surface area contributed by atoms with Gasteiger partial charge in [-0.05, 0) is 61.3 Å². The Morgan fingerprint density at radius 1 is 1.03 bits per heavy atom. The van der Waals surface area contributed by atoms with E-state index >= 15 is 0 Å². The molecule has 2 aromatic rings. The van der Waals surface area contributed by atoms with Gasteiger partial charge in [-0.2, -0.15) is 4.31 Å². The molecule has 0 bridgehead atoms. The van der Waals surface area contributed by atoms with Crippen LogP contribution in [0.2, 0.25) is 0 Å². The summed E-state index contributed by atoms with van der Waals surface area (Å²) >= 11 is 0. The Hall–Kier alpha value is -2.71. The largest absolute Gasteiger partial charge is 0.369 e. The highest BCUT2D eigenvalue weighted by molar-refractivity contribution is 7.89. The minimum absolute atomic E-state index is 0.0488. The number of piperidine rings is 1. The molecule has 0 radical (unpaired) electrons. The van der Waals surface area contributed by atoms with E-state index in [0.717, 1.165) is 11.1 Å². The normalized spacial score (nSPS) is 22.4. The molecule has 2 aromatic carbocycles. The van der Waals surface area contributed by atoms with Gasteiger partial charge in [-0.25, -0.2) is 13.4 Å². The summed E-state index contributed by atoms with van der Waals surface area (Å²) in [5.41, 5.74) is 7.35. The number of guanidine groups is 1. The lowest BCUT2D eigenvalue weighted by molar-refractivity contribution is -0.131. The second-order valence-electron chi connectivity index (χ2n) is 10.00. The third-order valence-corrected chi connectivity index (χ3v) is 8.68. The molecule has 1 saturated heterocycles. The molecular formula is C26H34N4O3S. The van der Waals surface area contributed by atoms with Crippen LogP contribution >= 0.6 is 0 Å². The van der Waals surface area contributed by atoms with Crippen LogP contribution in [0.15, 0.2) is 64.5 Å². The molecular weight excluding hydrogens is 448 g/mol. The summed E-state index contributed by atoms with van der Waals surface area (Å²) in [6.07, 6.45) is 2.02. The van der Waals surface area contributed by atoms with E-state index in [1.165, 1.54) is 0 Å². The van der Waals surface area contributed by atoms with Gasteiger partial charge in [0.15, 0.2) is 5.96 Å². The Kier molecular flexibility index (Phi) is 6.82. The smallest absolute Gasteiger partial charge is 0.257 e. The van der Waals surface area contributed by atoms with E-state index in [0.29, 0.717) is 49.7 Å². The summed E-state index contributed by atoms with van der Waals surface area (Å²) in [4.78, 5) is 19.4. The molecule has 0 spiro atoms. The van der Waals surface area contributed by atoms with Gasteiger partial charge in [-0.3, -0.25) is 9.69 Å². The number of rotatable bonds is 7. The molecule has 8 heteroatoms. The fraction of sp³-hybridized carbons (Fsp3) is 0.462. The van der Waals surface area contributed by atoms with Crippen molar-refractivity contribution in [1.29, 1.82) is 0 Å². The lowest BCUT2D eigenvalue weighted by Gasteiger charge is -2.33. The first-order valence-electron chi connectivity index (χ1n) is 11.9. The maximum atomic E-state index is 13.2. The number of amides is 1. The predicted octanol–water partition coefficient (Wildman–Crippen LogP) is 3.72. The van der Waals surface area contributed by atoms with E-state index in [1.54, 1.807) is 21.3 Å². The van der Waals surface area contributed by atoms with Crippen molar-refractivity contribution < 1.29 is 13.2 Å². The van der Waals surface area contributed by atoms with Gasteiger partial charge in [0.1, 0.15) is 5.54 Å². The highest BCUT2D eigenvalue weighted by Gasteiger charge is 2.45. The standard InChI is InChI=1S/C26H34N4O3S/c1-19(2)17-26(3)24(31)30(25(27)28-26)18-20-13-15-29(16-14-20)34(32,33)23-11-9-22(10-12-23)21-7-5-4-6-8-21/h4-12,19-20H,13-18H2,1-3H3,(H2,27,28).